The number of amides is 1. The average molecular weight is 202 g/mol. The fraction of sp³-hybridized carbons (Fsp3) is 0.750. The van der Waals surface area contributed by atoms with Crippen molar-refractivity contribution in [1.82, 2.24) is 5.32 Å². The highest BCUT2D eigenvalue weighted by atomic mass is 32.2. The summed E-state index contributed by atoms with van der Waals surface area (Å²) in [6, 6.07) is 1.93. The molecule has 1 amide bonds. The van der Waals surface area contributed by atoms with E-state index in [-0.39, 0.29) is 18.2 Å². The molecule has 0 radical (unpaired) electrons. The summed E-state index contributed by atoms with van der Waals surface area (Å²) in [4.78, 5) is 11.0. The minimum Gasteiger partial charge on any atom is -0.389 e. The fourth-order valence-electron chi connectivity index (χ4n) is 0.555. The van der Waals surface area contributed by atoms with Gasteiger partial charge in [0, 0.05) is 6.54 Å². The molecule has 0 aliphatic carbocycles. The molecular formula is C8H14N2O2S. The number of hydrogen-bond donors (Lipinski definition) is 2. The topological polar surface area (TPSA) is 73.1 Å². The summed E-state index contributed by atoms with van der Waals surface area (Å²) in [7, 11) is 0. The molecule has 0 atom stereocenters. The third-order valence-electron chi connectivity index (χ3n) is 1.12. The first kappa shape index (κ1) is 12.3. The van der Waals surface area contributed by atoms with E-state index in [2.05, 4.69) is 5.32 Å². The Morgan fingerprint density at radius 2 is 2.31 bits per heavy atom. The molecule has 4 nitrogen and oxygen atoms in total. The molecule has 0 saturated carbocycles. The number of aliphatic hydroxyl groups is 1. The molecule has 0 heterocycles. The quantitative estimate of drug-likeness (QED) is 0.621. The molecule has 0 aromatic heterocycles. The van der Waals surface area contributed by atoms with Crippen molar-refractivity contribution in [3.05, 3.63) is 0 Å². The van der Waals surface area contributed by atoms with Gasteiger partial charge in [0.05, 0.1) is 23.2 Å². The molecule has 0 aromatic rings. The van der Waals surface area contributed by atoms with Crippen LogP contribution in [-0.2, 0) is 4.79 Å². The maximum absolute atomic E-state index is 11.0. The van der Waals surface area contributed by atoms with E-state index in [1.807, 2.05) is 6.07 Å². The minimum atomic E-state index is -0.879. The number of nitrogens with one attached hydrogen (secondary N) is 1. The predicted octanol–water partition coefficient (Wildman–Crippen LogP) is 0.130. The molecule has 0 aliphatic rings. The number of carbonyl (C=O) groups is 1. The Morgan fingerprint density at radius 1 is 1.69 bits per heavy atom. The lowest BCUT2D eigenvalue weighted by molar-refractivity contribution is -0.119. The zero-order valence-corrected chi connectivity index (χ0v) is 8.65. The van der Waals surface area contributed by atoms with Gasteiger partial charge in [-0.1, -0.05) is 0 Å². The fourth-order valence-corrected chi connectivity index (χ4v) is 1.04. The number of carbonyl (C=O) groups excluding carboxylic acids is 1. The summed E-state index contributed by atoms with van der Waals surface area (Å²) in [5.41, 5.74) is -0.879. The Labute approximate surface area is 82.3 Å². The van der Waals surface area contributed by atoms with Gasteiger partial charge in [0.25, 0.3) is 0 Å². The minimum absolute atomic E-state index is 0.151. The first-order valence-corrected chi connectivity index (χ1v) is 5.05. The first-order chi connectivity index (χ1) is 5.95. The highest BCUT2D eigenvalue weighted by molar-refractivity contribution is 8.00. The predicted molar refractivity (Wildman–Crippen MR) is 52.2 cm³/mol. The van der Waals surface area contributed by atoms with Crippen molar-refractivity contribution in [2.45, 2.75) is 19.4 Å². The maximum Gasteiger partial charge on any atom is 0.230 e. The van der Waals surface area contributed by atoms with Crippen LogP contribution in [0.3, 0.4) is 0 Å². The molecule has 0 aromatic carbocycles. The van der Waals surface area contributed by atoms with E-state index in [0.29, 0.717) is 5.75 Å². The zero-order chi connectivity index (χ0) is 10.3. The van der Waals surface area contributed by atoms with E-state index in [0.717, 1.165) is 0 Å². The molecule has 0 bridgehead atoms. The number of rotatable bonds is 5. The van der Waals surface area contributed by atoms with Gasteiger partial charge < -0.3 is 10.4 Å². The van der Waals surface area contributed by atoms with Crippen molar-refractivity contribution in [1.29, 1.82) is 5.26 Å². The largest absolute Gasteiger partial charge is 0.389 e. The van der Waals surface area contributed by atoms with Crippen molar-refractivity contribution in [3.8, 4) is 6.07 Å². The lowest BCUT2D eigenvalue weighted by Crippen LogP contribution is -2.38. The molecule has 2 N–H and O–H groups in total. The monoisotopic (exact) mass is 202 g/mol. The number of nitriles is 1. The second-order valence-corrected chi connectivity index (χ2v) is 4.23. The molecule has 0 fully saturated rings. The molecular weight excluding hydrogens is 188 g/mol. The Hall–Kier alpha value is -0.730. The van der Waals surface area contributed by atoms with Crippen LogP contribution in [0.15, 0.2) is 0 Å². The Balaban J connectivity index is 3.48. The van der Waals surface area contributed by atoms with Crippen molar-refractivity contribution in [3.63, 3.8) is 0 Å². The Kier molecular flexibility index (Phi) is 5.51. The smallest absolute Gasteiger partial charge is 0.230 e. The van der Waals surface area contributed by atoms with Crippen LogP contribution in [-0.4, -0.2) is 34.7 Å². The third kappa shape index (κ3) is 9.18. The lowest BCUT2D eigenvalue weighted by atomic mass is 10.1. The number of thioether (sulfide) groups is 1. The molecule has 0 saturated heterocycles. The Bertz CT molecular complexity index is 205. The van der Waals surface area contributed by atoms with Crippen LogP contribution in [0.1, 0.15) is 13.8 Å². The number of hydrogen-bond acceptors (Lipinski definition) is 4. The second-order valence-electron chi connectivity index (χ2n) is 3.24. The average Bonchev–Trinajstić information content (AvgIpc) is 2.00. The van der Waals surface area contributed by atoms with Crippen LogP contribution < -0.4 is 5.32 Å². The Morgan fingerprint density at radius 3 is 2.77 bits per heavy atom. The van der Waals surface area contributed by atoms with Gasteiger partial charge in [-0.2, -0.15) is 5.26 Å². The SMILES string of the molecule is CC(C)(O)CNC(=O)CSCC#N. The van der Waals surface area contributed by atoms with E-state index >= 15 is 0 Å². The van der Waals surface area contributed by atoms with Gasteiger partial charge in [0.1, 0.15) is 0 Å². The summed E-state index contributed by atoms with van der Waals surface area (Å²) in [6.07, 6.45) is 0. The lowest BCUT2D eigenvalue weighted by Gasteiger charge is -2.17. The van der Waals surface area contributed by atoms with Gasteiger partial charge in [0.2, 0.25) is 5.91 Å². The zero-order valence-electron chi connectivity index (χ0n) is 7.83. The van der Waals surface area contributed by atoms with Crippen LogP contribution in [0.4, 0.5) is 0 Å². The van der Waals surface area contributed by atoms with E-state index in [9.17, 15) is 9.90 Å². The summed E-state index contributed by atoms with van der Waals surface area (Å²) in [5.74, 6) is 0.432. The van der Waals surface area contributed by atoms with Crippen molar-refractivity contribution in [2.75, 3.05) is 18.1 Å². The van der Waals surface area contributed by atoms with Crippen LogP contribution >= 0.6 is 11.8 Å². The molecule has 0 spiro atoms. The summed E-state index contributed by atoms with van der Waals surface area (Å²) < 4.78 is 0. The van der Waals surface area contributed by atoms with Crippen LogP contribution in [0, 0.1) is 11.3 Å². The second kappa shape index (κ2) is 5.84. The molecule has 5 heteroatoms. The van der Waals surface area contributed by atoms with Gasteiger partial charge >= 0.3 is 0 Å². The van der Waals surface area contributed by atoms with Gasteiger partial charge in [-0.3, -0.25) is 4.79 Å². The van der Waals surface area contributed by atoms with E-state index in [1.165, 1.54) is 11.8 Å². The van der Waals surface area contributed by atoms with Crippen molar-refractivity contribution < 1.29 is 9.90 Å². The van der Waals surface area contributed by atoms with E-state index in [1.54, 1.807) is 13.8 Å². The standard InChI is InChI=1S/C8H14N2O2S/c1-8(2,12)6-10-7(11)5-13-4-3-9/h12H,4-6H2,1-2H3,(H,10,11). The molecule has 74 valence electrons. The summed E-state index contributed by atoms with van der Waals surface area (Å²) in [6.45, 7) is 3.48. The van der Waals surface area contributed by atoms with Gasteiger partial charge in [0.15, 0.2) is 0 Å². The molecule has 0 unspecified atom stereocenters. The summed E-state index contributed by atoms with van der Waals surface area (Å²) >= 11 is 1.26. The van der Waals surface area contributed by atoms with Gasteiger partial charge in [-0.15, -0.1) is 11.8 Å². The molecule has 13 heavy (non-hydrogen) atoms. The van der Waals surface area contributed by atoms with E-state index in [4.69, 9.17) is 5.26 Å². The normalized spacial score (nSPS) is 10.6. The maximum atomic E-state index is 11.0. The van der Waals surface area contributed by atoms with Crippen LogP contribution in [0.5, 0.6) is 0 Å². The van der Waals surface area contributed by atoms with Gasteiger partial charge in [-0.05, 0) is 13.8 Å². The van der Waals surface area contributed by atoms with Crippen molar-refractivity contribution >= 4 is 17.7 Å². The summed E-state index contributed by atoms with van der Waals surface area (Å²) in [5, 5.41) is 20.0. The molecule has 0 rings (SSSR count). The van der Waals surface area contributed by atoms with Crippen molar-refractivity contribution in [2.24, 2.45) is 0 Å². The third-order valence-corrected chi connectivity index (χ3v) is 1.92. The van der Waals surface area contributed by atoms with Crippen LogP contribution in [0.25, 0.3) is 0 Å². The highest BCUT2D eigenvalue weighted by Gasteiger charge is 2.13. The molecule has 0 aliphatic heterocycles. The van der Waals surface area contributed by atoms with Gasteiger partial charge in [-0.25, -0.2) is 0 Å². The van der Waals surface area contributed by atoms with E-state index < -0.39 is 5.60 Å². The highest BCUT2D eigenvalue weighted by Crippen LogP contribution is 1.99. The first-order valence-electron chi connectivity index (χ1n) is 3.89. The number of nitrogens with zero attached hydrogens (tertiary/aromatic N) is 1. The van der Waals surface area contributed by atoms with Crippen LogP contribution in [0.2, 0.25) is 0 Å².